The lowest BCUT2D eigenvalue weighted by Crippen LogP contribution is -2.14. The third-order valence-corrected chi connectivity index (χ3v) is 5.83. The van der Waals surface area contributed by atoms with Crippen LogP contribution in [0.5, 0.6) is 5.75 Å². The second kappa shape index (κ2) is 13.5. The van der Waals surface area contributed by atoms with Crippen LogP contribution in [0.2, 0.25) is 5.02 Å². The van der Waals surface area contributed by atoms with Gasteiger partial charge in [0.05, 0.1) is 10.5 Å². The molecular formula is C28H23Cl2FN4O5. The number of halogens is 3. The molecule has 5 aromatic rings. The van der Waals surface area contributed by atoms with E-state index in [1.54, 1.807) is 42.5 Å². The summed E-state index contributed by atoms with van der Waals surface area (Å²) in [5, 5.41) is 13.0. The number of hydroxylamine groups is 1. The number of amides is 1. The number of hydrogen-bond acceptors (Lipinski definition) is 7. The van der Waals surface area contributed by atoms with Crippen molar-refractivity contribution >= 4 is 58.4 Å². The summed E-state index contributed by atoms with van der Waals surface area (Å²) >= 11 is 6.44. The number of aromatic nitrogens is 2. The van der Waals surface area contributed by atoms with E-state index in [9.17, 15) is 9.18 Å². The van der Waals surface area contributed by atoms with Crippen LogP contribution in [0.4, 0.5) is 15.9 Å². The van der Waals surface area contributed by atoms with Gasteiger partial charge in [-0.15, -0.1) is 12.4 Å². The maximum atomic E-state index is 13.4. The second-order valence-electron chi connectivity index (χ2n) is 8.15. The van der Waals surface area contributed by atoms with Crippen LogP contribution in [0.25, 0.3) is 28.3 Å². The molecule has 5 N–H and O–H groups in total. The Bertz CT molecular complexity index is 1660. The summed E-state index contributed by atoms with van der Waals surface area (Å²) < 4.78 is 25.0. The van der Waals surface area contributed by atoms with Crippen LogP contribution < -0.4 is 15.5 Å². The number of anilines is 2. The highest BCUT2D eigenvalue weighted by atomic mass is 35.5. The molecule has 5 rings (SSSR count). The molecule has 2 aromatic heterocycles. The maximum Gasteiger partial charge on any atom is 0.267 e. The first-order chi connectivity index (χ1) is 18.5. The van der Waals surface area contributed by atoms with Gasteiger partial charge in [0.2, 0.25) is 0 Å². The summed E-state index contributed by atoms with van der Waals surface area (Å²) in [7, 11) is 0. The van der Waals surface area contributed by atoms with Gasteiger partial charge < -0.3 is 19.9 Å². The molecule has 0 unspecified atom stereocenters. The summed E-state index contributed by atoms with van der Waals surface area (Å²) in [6.07, 6.45) is 4.06. The van der Waals surface area contributed by atoms with E-state index in [1.807, 2.05) is 18.2 Å². The number of carbonyl (C=O) groups excluding carboxylic acids is 1. The fourth-order valence-corrected chi connectivity index (χ4v) is 3.96. The summed E-state index contributed by atoms with van der Waals surface area (Å²) in [6, 6.07) is 20.5. The SMILES string of the molecule is Cl.O.O=C(/C=C/c1ccc(-c2ccc3ncnc(Nc4ccc(OCc5cccc(F)c5)c(Cl)c4)c3c2)o1)NO. The van der Waals surface area contributed by atoms with E-state index >= 15 is 0 Å². The molecule has 2 heterocycles. The topological polar surface area (TPSA) is 141 Å². The number of furan rings is 1. The zero-order chi connectivity index (χ0) is 26.5. The summed E-state index contributed by atoms with van der Waals surface area (Å²) in [4.78, 5) is 19.9. The second-order valence-corrected chi connectivity index (χ2v) is 8.56. The molecule has 0 aliphatic carbocycles. The van der Waals surface area contributed by atoms with Crippen LogP contribution in [0.15, 0.2) is 89.6 Å². The number of rotatable bonds is 8. The molecule has 40 heavy (non-hydrogen) atoms. The van der Waals surface area contributed by atoms with Crippen LogP contribution >= 0.6 is 24.0 Å². The van der Waals surface area contributed by atoms with Gasteiger partial charge >= 0.3 is 0 Å². The molecule has 0 fully saturated rings. The third kappa shape index (κ3) is 7.13. The first kappa shape index (κ1) is 30.1. The minimum absolute atomic E-state index is 0. The number of fused-ring (bicyclic) bond motifs is 1. The maximum absolute atomic E-state index is 13.4. The number of benzene rings is 3. The molecule has 9 nitrogen and oxygen atoms in total. The standard InChI is InChI=1S/C28H20ClFN4O4.ClH.H2O/c29-23-14-20(5-9-26(23)37-15-17-2-1-3-19(30)12-17)33-28-22-13-18(4-8-24(22)31-16-32-28)25-10-6-21(38-25)7-11-27(35)34-36;;/h1-14,16,36H,15H2,(H,34,35)(H,31,32,33);1H;1H2/b11-7+;;. The van der Waals surface area contributed by atoms with Gasteiger partial charge in [-0.2, -0.15) is 0 Å². The lowest BCUT2D eigenvalue weighted by Gasteiger charge is -2.12. The van der Waals surface area contributed by atoms with Gasteiger partial charge in [0, 0.05) is 22.7 Å². The van der Waals surface area contributed by atoms with Crippen LogP contribution in [0.3, 0.4) is 0 Å². The monoisotopic (exact) mass is 584 g/mol. The zero-order valence-electron chi connectivity index (χ0n) is 20.6. The van der Waals surface area contributed by atoms with E-state index in [2.05, 4.69) is 15.3 Å². The normalized spacial score (nSPS) is 10.6. The fourth-order valence-electron chi connectivity index (χ4n) is 3.72. The number of nitrogens with zero attached hydrogens (tertiary/aromatic N) is 2. The first-order valence-corrected chi connectivity index (χ1v) is 11.8. The van der Waals surface area contributed by atoms with Crippen molar-refractivity contribution < 1.29 is 29.0 Å². The minimum atomic E-state index is -0.659. The van der Waals surface area contributed by atoms with E-state index in [1.165, 1.54) is 30.0 Å². The molecule has 1 amide bonds. The van der Waals surface area contributed by atoms with Crippen molar-refractivity contribution in [1.82, 2.24) is 15.4 Å². The lowest BCUT2D eigenvalue weighted by atomic mass is 10.1. The van der Waals surface area contributed by atoms with Crippen molar-refractivity contribution in [2.45, 2.75) is 6.61 Å². The van der Waals surface area contributed by atoms with Crippen molar-refractivity contribution in [3.05, 3.63) is 107 Å². The Kier molecular flexibility index (Phi) is 10.2. The van der Waals surface area contributed by atoms with E-state index in [0.29, 0.717) is 39.4 Å². The highest BCUT2D eigenvalue weighted by Crippen LogP contribution is 2.33. The Morgan fingerprint density at radius 1 is 1.07 bits per heavy atom. The Morgan fingerprint density at radius 3 is 2.70 bits per heavy atom. The number of hydrogen-bond donors (Lipinski definition) is 3. The highest BCUT2D eigenvalue weighted by molar-refractivity contribution is 6.32. The zero-order valence-corrected chi connectivity index (χ0v) is 22.2. The van der Waals surface area contributed by atoms with Gasteiger partial charge in [-0.1, -0.05) is 23.7 Å². The molecule has 0 saturated heterocycles. The van der Waals surface area contributed by atoms with Crippen molar-refractivity contribution in [2.24, 2.45) is 0 Å². The molecule has 0 aliphatic rings. The van der Waals surface area contributed by atoms with Crippen molar-refractivity contribution in [2.75, 3.05) is 5.32 Å². The van der Waals surface area contributed by atoms with Crippen LogP contribution in [-0.4, -0.2) is 26.6 Å². The van der Waals surface area contributed by atoms with Crippen molar-refractivity contribution in [1.29, 1.82) is 0 Å². The molecule has 0 atom stereocenters. The van der Waals surface area contributed by atoms with Crippen molar-refractivity contribution in [3.63, 3.8) is 0 Å². The van der Waals surface area contributed by atoms with Crippen LogP contribution in [-0.2, 0) is 11.4 Å². The number of carbonyl (C=O) groups is 1. The van der Waals surface area contributed by atoms with Gasteiger partial charge in [-0.3, -0.25) is 10.0 Å². The smallest absolute Gasteiger partial charge is 0.267 e. The molecular weight excluding hydrogens is 562 g/mol. The molecule has 206 valence electrons. The quantitative estimate of drug-likeness (QED) is 0.113. The summed E-state index contributed by atoms with van der Waals surface area (Å²) in [5.74, 6) is 1.07. The number of nitrogens with one attached hydrogen (secondary N) is 2. The molecule has 0 aliphatic heterocycles. The first-order valence-electron chi connectivity index (χ1n) is 11.4. The Morgan fingerprint density at radius 2 is 1.93 bits per heavy atom. The van der Waals surface area contributed by atoms with Crippen LogP contribution in [0, 0.1) is 5.82 Å². The Hall–Kier alpha value is -4.48. The van der Waals surface area contributed by atoms with E-state index in [-0.39, 0.29) is 30.3 Å². The molecule has 0 saturated carbocycles. The lowest BCUT2D eigenvalue weighted by molar-refractivity contribution is -0.124. The van der Waals surface area contributed by atoms with Gasteiger partial charge in [0.25, 0.3) is 5.91 Å². The van der Waals surface area contributed by atoms with Crippen LogP contribution in [0.1, 0.15) is 11.3 Å². The predicted octanol–water partition coefficient (Wildman–Crippen LogP) is 6.12. The van der Waals surface area contributed by atoms with Gasteiger partial charge in [-0.25, -0.2) is 19.8 Å². The average Bonchev–Trinajstić information content (AvgIpc) is 3.40. The summed E-state index contributed by atoms with van der Waals surface area (Å²) in [6.45, 7) is 0.183. The van der Waals surface area contributed by atoms with Crippen molar-refractivity contribution in [3.8, 4) is 17.1 Å². The molecule has 0 radical (unpaired) electrons. The minimum Gasteiger partial charge on any atom is -0.487 e. The van der Waals surface area contributed by atoms with E-state index < -0.39 is 5.91 Å². The molecule has 3 aromatic carbocycles. The summed E-state index contributed by atoms with van der Waals surface area (Å²) in [5.41, 5.74) is 4.41. The Labute approximate surface area is 239 Å². The largest absolute Gasteiger partial charge is 0.487 e. The third-order valence-electron chi connectivity index (χ3n) is 5.53. The molecule has 12 heteroatoms. The average molecular weight is 585 g/mol. The van der Waals surface area contributed by atoms with E-state index in [4.69, 9.17) is 26.0 Å². The number of ether oxygens (including phenoxy) is 1. The highest BCUT2D eigenvalue weighted by Gasteiger charge is 2.11. The van der Waals surface area contributed by atoms with Gasteiger partial charge in [0.1, 0.15) is 41.8 Å². The van der Waals surface area contributed by atoms with Gasteiger partial charge in [-0.05, 0) is 72.3 Å². The van der Waals surface area contributed by atoms with Gasteiger partial charge in [0.15, 0.2) is 0 Å². The molecule has 0 bridgehead atoms. The molecule has 0 spiro atoms. The van der Waals surface area contributed by atoms with E-state index in [0.717, 1.165) is 22.5 Å². The fraction of sp³-hybridized carbons (Fsp3) is 0.0357. The predicted molar refractivity (Wildman–Crippen MR) is 153 cm³/mol. The Balaban J connectivity index is 0.00000220.